The van der Waals surface area contributed by atoms with Gasteiger partial charge in [0.15, 0.2) is 0 Å². The summed E-state index contributed by atoms with van der Waals surface area (Å²) in [5.41, 5.74) is 7.50. The molecule has 0 saturated heterocycles. The minimum atomic E-state index is 0.213. The first-order valence-electron chi connectivity index (χ1n) is 13.7. The average molecular weight is 468 g/mol. The van der Waals surface area contributed by atoms with E-state index in [9.17, 15) is 0 Å². The molecule has 1 heteroatoms. The first kappa shape index (κ1) is 26.8. The third-order valence-corrected chi connectivity index (χ3v) is 6.91. The van der Waals surface area contributed by atoms with E-state index in [0.717, 1.165) is 12.1 Å². The number of unbranched alkanes of at least 4 members (excludes halogenated alkanes) is 7. The Hall–Kier alpha value is -2.80. The molecular formula is C34H45N. The maximum Gasteiger partial charge on any atom is 0.0547 e. The van der Waals surface area contributed by atoms with Gasteiger partial charge in [0.25, 0.3) is 0 Å². The van der Waals surface area contributed by atoms with E-state index in [2.05, 4.69) is 93.0 Å². The van der Waals surface area contributed by atoms with Gasteiger partial charge in [0, 0.05) is 5.70 Å². The zero-order chi connectivity index (χ0) is 25.0. The van der Waals surface area contributed by atoms with Crippen LogP contribution in [0.15, 0.2) is 85.1 Å². The molecule has 0 bridgehead atoms. The van der Waals surface area contributed by atoms with Gasteiger partial charge in [-0.15, -0.1) is 6.58 Å². The molecule has 1 unspecified atom stereocenters. The smallest absolute Gasteiger partial charge is 0.0547 e. The van der Waals surface area contributed by atoms with Crippen LogP contribution in [0.25, 0.3) is 21.9 Å². The summed E-state index contributed by atoms with van der Waals surface area (Å²) in [6, 6.07) is 22.9. The van der Waals surface area contributed by atoms with Crippen LogP contribution in [0.2, 0.25) is 0 Å². The van der Waals surface area contributed by atoms with Crippen LogP contribution in [0.5, 0.6) is 0 Å². The van der Waals surface area contributed by atoms with E-state index in [0.29, 0.717) is 0 Å². The highest BCUT2D eigenvalue weighted by atomic mass is 14.9. The summed E-state index contributed by atoms with van der Waals surface area (Å²) in [6.07, 6.45) is 13.0. The van der Waals surface area contributed by atoms with Crippen LogP contribution in [0, 0.1) is 0 Å². The number of nitrogens with one attached hydrogen (secondary N) is 1. The Morgan fingerprint density at radius 2 is 1.37 bits per heavy atom. The molecule has 0 aliphatic rings. The molecule has 35 heavy (non-hydrogen) atoms. The number of allylic oxidation sites excluding steroid dienone is 1. The van der Waals surface area contributed by atoms with Crippen LogP contribution in [-0.4, -0.2) is 0 Å². The fourth-order valence-corrected chi connectivity index (χ4v) is 5.07. The quantitative estimate of drug-likeness (QED) is 0.173. The summed E-state index contributed by atoms with van der Waals surface area (Å²) in [7, 11) is 0. The number of aryl methyl sites for hydroxylation is 1. The van der Waals surface area contributed by atoms with Gasteiger partial charge < -0.3 is 5.32 Å². The van der Waals surface area contributed by atoms with Crippen molar-refractivity contribution >= 4 is 10.8 Å². The molecule has 0 aliphatic heterocycles. The predicted molar refractivity (Wildman–Crippen MR) is 156 cm³/mol. The van der Waals surface area contributed by atoms with Crippen LogP contribution in [-0.2, 0) is 6.42 Å². The van der Waals surface area contributed by atoms with Crippen LogP contribution in [0.3, 0.4) is 0 Å². The number of rotatable bonds is 15. The van der Waals surface area contributed by atoms with Crippen molar-refractivity contribution in [1.82, 2.24) is 5.32 Å². The molecular weight excluding hydrogens is 422 g/mol. The monoisotopic (exact) mass is 467 g/mol. The Morgan fingerprint density at radius 1 is 0.743 bits per heavy atom. The lowest BCUT2D eigenvalue weighted by molar-refractivity contribution is 0.576. The van der Waals surface area contributed by atoms with E-state index in [4.69, 9.17) is 0 Å². The van der Waals surface area contributed by atoms with Crippen molar-refractivity contribution in [1.29, 1.82) is 0 Å². The molecule has 0 heterocycles. The second-order valence-corrected chi connectivity index (χ2v) is 10.3. The Labute approximate surface area is 214 Å². The molecule has 0 spiro atoms. The Morgan fingerprint density at radius 3 is 2.00 bits per heavy atom. The van der Waals surface area contributed by atoms with Crippen molar-refractivity contribution in [2.45, 2.75) is 91.0 Å². The van der Waals surface area contributed by atoms with E-state index in [1.807, 2.05) is 6.92 Å². The lowest BCUT2D eigenvalue weighted by Gasteiger charge is -2.21. The summed E-state index contributed by atoms with van der Waals surface area (Å²) in [4.78, 5) is 0. The van der Waals surface area contributed by atoms with E-state index in [1.165, 1.54) is 96.4 Å². The van der Waals surface area contributed by atoms with Crippen molar-refractivity contribution in [3.05, 3.63) is 96.2 Å². The highest BCUT2D eigenvalue weighted by Gasteiger charge is 2.13. The molecule has 3 rings (SSSR count). The van der Waals surface area contributed by atoms with E-state index >= 15 is 0 Å². The van der Waals surface area contributed by atoms with Crippen molar-refractivity contribution in [2.24, 2.45) is 0 Å². The van der Waals surface area contributed by atoms with Gasteiger partial charge in [0.1, 0.15) is 0 Å². The largest absolute Gasteiger partial charge is 0.382 e. The first-order chi connectivity index (χ1) is 17.0. The molecule has 3 aromatic rings. The lowest BCUT2D eigenvalue weighted by Crippen LogP contribution is -2.19. The molecule has 0 aromatic heterocycles. The maximum absolute atomic E-state index is 4.11. The fraction of sp³-hybridized carbons (Fsp3) is 0.412. The van der Waals surface area contributed by atoms with E-state index in [1.54, 1.807) is 0 Å². The Kier molecular flexibility index (Phi) is 10.7. The molecule has 186 valence electrons. The summed E-state index contributed by atoms with van der Waals surface area (Å²) >= 11 is 0. The predicted octanol–water partition coefficient (Wildman–Crippen LogP) is 10.3. The van der Waals surface area contributed by atoms with Crippen molar-refractivity contribution < 1.29 is 0 Å². The zero-order valence-electron chi connectivity index (χ0n) is 22.3. The number of benzene rings is 3. The second-order valence-electron chi connectivity index (χ2n) is 10.3. The highest BCUT2D eigenvalue weighted by molar-refractivity contribution is 5.98. The first-order valence-corrected chi connectivity index (χ1v) is 13.7. The maximum atomic E-state index is 4.11. The SMILES string of the molecule is C=C(C)CC(NC(=C)C)c1ccc(-c2ccc(CCCCCCCCCC)c3ccccc23)cc1. The van der Waals surface area contributed by atoms with E-state index < -0.39 is 0 Å². The highest BCUT2D eigenvalue weighted by Crippen LogP contribution is 2.33. The summed E-state index contributed by atoms with van der Waals surface area (Å²) < 4.78 is 0. The zero-order valence-corrected chi connectivity index (χ0v) is 22.3. The van der Waals surface area contributed by atoms with Gasteiger partial charge >= 0.3 is 0 Å². The molecule has 0 aliphatic carbocycles. The fourth-order valence-electron chi connectivity index (χ4n) is 5.07. The standard InChI is InChI=1S/C34H45N/c1-6-7-8-9-10-11-12-13-16-28-23-24-32(33-18-15-14-17-31(28)33)29-19-21-30(22-20-29)34(25-26(2)3)35-27(4)5/h14-15,17-24,34-35H,2,4,6-13,16,25H2,1,3,5H3. The minimum absolute atomic E-state index is 0.213. The summed E-state index contributed by atoms with van der Waals surface area (Å²) in [5.74, 6) is 0. The van der Waals surface area contributed by atoms with Crippen molar-refractivity contribution in [3.8, 4) is 11.1 Å². The average Bonchev–Trinajstić information content (AvgIpc) is 2.85. The van der Waals surface area contributed by atoms with Crippen LogP contribution >= 0.6 is 0 Å². The summed E-state index contributed by atoms with van der Waals surface area (Å²) in [6.45, 7) is 14.5. The van der Waals surface area contributed by atoms with Gasteiger partial charge in [-0.2, -0.15) is 0 Å². The molecule has 1 atom stereocenters. The van der Waals surface area contributed by atoms with Gasteiger partial charge in [-0.25, -0.2) is 0 Å². The van der Waals surface area contributed by atoms with Crippen molar-refractivity contribution in [3.63, 3.8) is 0 Å². The number of hydrogen-bond acceptors (Lipinski definition) is 1. The number of fused-ring (bicyclic) bond motifs is 1. The van der Waals surface area contributed by atoms with Gasteiger partial charge in [-0.3, -0.25) is 0 Å². The third-order valence-electron chi connectivity index (χ3n) is 6.91. The minimum Gasteiger partial charge on any atom is -0.382 e. The molecule has 1 N–H and O–H groups in total. The molecule has 0 saturated carbocycles. The van der Waals surface area contributed by atoms with Gasteiger partial charge in [0.2, 0.25) is 0 Å². The summed E-state index contributed by atoms with van der Waals surface area (Å²) in [5, 5.41) is 6.27. The molecule has 1 nitrogen and oxygen atoms in total. The van der Waals surface area contributed by atoms with Gasteiger partial charge in [-0.05, 0) is 66.1 Å². The second kappa shape index (κ2) is 13.9. The third kappa shape index (κ3) is 8.13. The van der Waals surface area contributed by atoms with Gasteiger partial charge in [-0.1, -0.05) is 125 Å². The van der Waals surface area contributed by atoms with Gasteiger partial charge in [0.05, 0.1) is 6.04 Å². The van der Waals surface area contributed by atoms with Crippen LogP contribution < -0.4 is 5.32 Å². The molecule has 3 aromatic carbocycles. The molecule has 0 fully saturated rings. The number of hydrogen-bond donors (Lipinski definition) is 1. The normalized spacial score (nSPS) is 12.0. The Bertz CT molecular complexity index is 1070. The van der Waals surface area contributed by atoms with Crippen molar-refractivity contribution in [2.75, 3.05) is 0 Å². The topological polar surface area (TPSA) is 12.0 Å². The molecule has 0 radical (unpaired) electrons. The lowest BCUT2D eigenvalue weighted by atomic mass is 9.91. The van der Waals surface area contributed by atoms with Crippen LogP contribution in [0.1, 0.15) is 95.7 Å². The van der Waals surface area contributed by atoms with Crippen LogP contribution in [0.4, 0.5) is 0 Å². The molecule has 0 amide bonds. The van der Waals surface area contributed by atoms with E-state index in [-0.39, 0.29) is 6.04 Å². The Balaban J connectivity index is 1.72.